The molecule has 0 spiro atoms. The molecule has 0 atom stereocenters. The van der Waals surface area contributed by atoms with Crippen LogP contribution >= 0.6 is 0 Å². The molecule has 4 nitrogen and oxygen atoms in total. The van der Waals surface area contributed by atoms with Gasteiger partial charge in [-0.25, -0.2) is 4.57 Å². The van der Waals surface area contributed by atoms with Crippen LogP contribution in [0.3, 0.4) is 0 Å². The van der Waals surface area contributed by atoms with Crippen LogP contribution < -0.4 is 14.0 Å². The van der Waals surface area contributed by atoms with Crippen molar-refractivity contribution in [3.8, 4) is 22.9 Å². The predicted octanol–water partition coefficient (Wildman–Crippen LogP) is 4.21. The summed E-state index contributed by atoms with van der Waals surface area (Å²) in [5.74, 6) is 2.42. The highest BCUT2D eigenvalue weighted by atomic mass is 16.5. The Morgan fingerprint density at radius 1 is 0.885 bits per heavy atom. The summed E-state index contributed by atoms with van der Waals surface area (Å²) in [6.07, 6.45) is 2.12. The van der Waals surface area contributed by atoms with Gasteiger partial charge < -0.3 is 9.47 Å². The smallest absolute Gasteiger partial charge is 0.331 e. The Hall–Kier alpha value is -3.14. The number of methoxy groups -OCH3 is 2. The van der Waals surface area contributed by atoms with Crippen LogP contribution in [0.15, 0.2) is 54.7 Å². The molecule has 0 radical (unpaired) electrons. The van der Waals surface area contributed by atoms with Crippen LogP contribution in [-0.2, 0) is 7.05 Å². The maximum atomic E-state index is 5.52. The summed E-state index contributed by atoms with van der Waals surface area (Å²) < 4.78 is 13.0. The monoisotopic (exact) mass is 345 g/mol. The molecular formula is C22H21N2O2+. The highest BCUT2D eigenvalue weighted by molar-refractivity contribution is 5.96. The lowest BCUT2D eigenvalue weighted by Gasteiger charge is -2.11. The number of nitrogens with zero attached hydrogens (tertiary/aromatic N) is 2. The topological polar surface area (TPSA) is 35.2 Å². The van der Waals surface area contributed by atoms with Gasteiger partial charge in [-0.1, -0.05) is 24.3 Å². The minimum Gasteiger partial charge on any atom is -0.497 e. The van der Waals surface area contributed by atoms with Gasteiger partial charge in [0, 0.05) is 11.6 Å². The van der Waals surface area contributed by atoms with E-state index in [9.17, 15) is 0 Å². The van der Waals surface area contributed by atoms with Crippen molar-refractivity contribution in [1.82, 2.24) is 4.98 Å². The largest absolute Gasteiger partial charge is 0.497 e. The summed E-state index contributed by atoms with van der Waals surface area (Å²) in [6, 6.07) is 16.6. The summed E-state index contributed by atoms with van der Waals surface area (Å²) >= 11 is 0. The van der Waals surface area contributed by atoms with E-state index < -0.39 is 0 Å². The van der Waals surface area contributed by atoms with Crippen molar-refractivity contribution in [2.24, 2.45) is 7.05 Å². The van der Waals surface area contributed by atoms with Crippen molar-refractivity contribution in [1.29, 1.82) is 0 Å². The first-order chi connectivity index (χ1) is 12.6. The predicted molar refractivity (Wildman–Crippen MR) is 104 cm³/mol. The molecule has 3 aromatic carbocycles. The average Bonchev–Trinajstić information content (AvgIpc) is 2.66. The summed E-state index contributed by atoms with van der Waals surface area (Å²) in [5, 5.41) is 3.52. The molecule has 0 unspecified atom stereocenters. The molecule has 0 fully saturated rings. The highest BCUT2D eigenvalue weighted by Crippen LogP contribution is 2.33. The van der Waals surface area contributed by atoms with E-state index in [1.165, 1.54) is 10.8 Å². The Balaban J connectivity index is 1.99. The molecule has 0 aliphatic carbocycles. The number of rotatable bonds is 3. The second kappa shape index (κ2) is 6.30. The minimum atomic E-state index is 0.753. The normalized spacial score (nSPS) is 11.1. The van der Waals surface area contributed by atoms with Gasteiger partial charge in [0.25, 0.3) is 0 Å². The van der Waals surface area contributed by atoms with Gasteiger partial charge in [-0.3, -0.25) is 0 Å². The fourth-order valence-electron chi connectivity index (χ4n) is 3.38. The maximum absolute atomic E-state index is 5.52. The van der Waals surface area contributed by atoms with Gasteiger partial charge in [-0.05, 0) is 40.9 Å². The molecule has 4 rings (SSSR count). The first-order valence-corrected chi connectivity index (χ1v) is 8.53. The van der Waals surface area contributed by atoms with Gasteiger partial charge in [0.2, 0.25) is 0 Å². The zero-order valence-corrected chi connectivity index (χ0v) is 15.4. The van der Waals surface area contributed by atoms with Crippen LogP contribution in [0, 0.1) is 6.92 Å². The van der Waals surface area contributed by atoms with Crippen LogP contribution in [0.2, 0.25) is 0 Å². The Kier molecular flexibility index (Phi) is 3.96. The lowest BCUT2D eigenvalue weighted by atomic mass is 10.0. The van der Waals surface area contributed by atoms with E-state index in [2.05, 4.69) is 47.2 Å². The van der Waals surface area contributed by atoms with Gasteiger partial charge in [0.1, 0.15) is 17.7 Å². The third-order valence-electron chi connectivity index (χ3n) is 4.82. The fourth-order valence-corrected chi connectivity index (χ4v) is 3.38. The molecule has 0 aliphatic rings. The molecule has 1 heterocycles. The molecule has 0 aliphatic heterocycles. The number of hydrogen-bond acceptors (Lipinski definition) is 3. The molecule has 130 valence electrons. The van der Waals surface area contributed by atoms with Crippen molar-refractivity contribution in [3.05, 3.63) is 60.3 Å². The van der Waals surface area contributed by atoms with E-state index in [-0.39, 0.29) is 0 Å². The molecule has 0 N–H and O–H groups in total. The molecule has 4 aromatic rings. The number of ether oxygens (including phenoxy) is 2. The third kappa shape index (κ3) is 2.64. The number of aryl methyl sites for hydroxylation is 1. The fraction of sp³-hybridized carbons (Fsp3) is 0.182. The summed E-state index contributed by atoms with van der Waals surface area (Å²) in [6.45, 7) is 2.04. The summed E-state index contributed by atoms with van der Waals surface area (Å²) in [5.41, 5.74) is 3.01. The number of hydrogen-bond donors (Lipinski definition) is 0. The summed E-state index contributed by atoms with van der Waals surface area (Å²) in [4.78, 5) is 4.96. The standard InChI is InChI=1S/C22H21N2O2/c1-14-19(11-18(25-3)12-21(14)26-4)22-23-20-10-16-8-6-5-7-15(16)9-17(20)13-24(22)2/h5-13H,1-4H3/q+1. The molecule has 0 saturated heterocycles. The van der Waals surface area contributed by atoms with Crippen LogP contribution in [-0.4, -0.2) is 19.2 Å². The minimum absolute atomic E-state index is 0.753. The highest BCUT2D eigenvalue weighted by Gasteiger charge is 2.21. The van der Waals surface area contributed by atoms with Gasteiger partial charge >= 0.3 is 5.82 Å². The van der Waals surface area contributed by atoms with Gasteiger partial charge in [0.05, 0.1) is 32.2 Å². The van der Waals surface area contributed by atoms with Crippen molar-refractivity contribution in [2.75, 3.05) is 14.2 Å². The van der Waals surface area contributed by atoms with Crippen molar-refractivity contribution in [3.63, 3.8) is 0 Å². The first kappa shape index (κ1) is 16.3. The average molecular weight is 345 g/mol. The van der Waals surface area contributed by atoms with Gasteiger partial charge in [0.15, 0.2) is 5.52 Å². The van der Waals surface area contributed by atoms with Crippen LogP contribution in [0.1, 0.15) is 5.56 Å². The number of fused-ring (bicyclic) bond motifs is 2. The second-order valence-corrected chi connectivity index (χ2v) is 6.44. The van der Waals surface area contributed by atoms with Crippen LogP contribution in [0.25, 0.3) is 33.1 Å². The van der Waals surface area contributed by atoms with Gasteiger partial charge in [-0.15, -0.1) is 0 Å². The van der Waals surface area contributed by atoms with Gasteiger partial charge in [-0.2, -0.15) is 0 Å². The molecule has 26 heavy (non-hydrogen) atoms. The van der Waals surface area contributed by atoms with E-state index in [4.69, 9.17) is 14.5 Å². The zero-order chi connectivity index (χ0) is 18.3. The quantitative estimate of drug-likeness (QED) is 0.412. The van der Waals surface area contributed by atoms with E-state index in [0.29, 0.717) is 0 Å². The molecule has 4 heteroatoms. The van der Waals surface area contributed by atoms with Crippen LogP contribution in [0.4, 0.5) is 0 Å². The second-order valence-electron chi connectivity index (χ2n) is 6.44. The van der Waals surface area contributed by atoms with E-state index >= 15 is 0 Å². The van der Waals surface area contributed by atoms with E-state index in [1.807, 2.05) is 26.1 Å². The zero-order valence-electron chi connectivity index (χ0n) is 15.4. The Labute approximate surface area is 152 Å². The first-order valence-electron chi connectivity index (χ1n) is 8.53. The lowest BCUT2D eigenvalue weighted by Crippen LogP contribution is -2.32. The third-order valence-corrected chi connectivity index (χ3v) is 4.82. The molecule has 0 saturated carbocycles. The molecule has 0 bridgehead atoms. The molecule has 1 aromatic heterocycles. The number of aromatic nitrogens is 2. The SMILES string of the molecule is COc1cc(OC)c(C)c(-c2nc3cc4ccccc4cc3c[n+]2C)c1. The maximum Gasteiger partial charge on any atom is 0.331 e. The van der Waals surface area contributed by atoms with Crippen molar-refractivity contribution in [2.45, 2.75) is 6.92 Å². The Bertz CT molecular complexity index is 1140. The Morgan fingerprint density at radius 3 is 2.31 bits per heavy atom. The lowest BCUT2D eigenvalue weighted by molar-refractivity contribution is -0.661. The summed E-state index contributed by atoms with van der Waals surface area (Å²) in [7, 11) is 5.35. The molecule has 0 amide bonds. The molecular weight excluding hydrogens is 324 g/mol. The van der Waals surface area contributed by atoms with E-state index in [0.717, 1.165) is 39.4 Å². The van der Waals surface area contributed by atoms with E-state index in [1.54, 1.807) is 14.2 Å². The van der Waals surface area contributed by atoms with Crippen molar-refractivity contribution >= 4 is 21.7 Å². The van der Waals surface area contributed by atoms with Crippen LogP contribution in [0.5, 0.6) is 11.5 Å². The number of benzene rings is 3. The Morgan fingerprint density at radius 2 is 1.62 bits per heavy atom. The van der Waals surface area contributed by atoms with Crippen molar-refractivity contribution < 1.29 is 14.0 Å².